The highest BCUT2D eigenvalue weighted by Crippen LogP contribution is 2.37. The van der Waals surface area contributed by atoms with Gasteiger partial charge in [-0.2, -0.15) is 0 Å². The van der Waals surface area contributed by atoms with Crippen molar-refractivity contribution in [2.24, 2.45) is 0 Å². The molecule has 3 rings (SSSR count). The third-order valence-electron chi connectivity index (χ3n) is 3.69. The molecule has 0 fully saturated rings. The summed E-state index contributed by atoms with van der Waals surface area (Å²) in [5, 5.41) is 10.0. The quantitative estimate of drug-likeness (QED) is 0.720. The predicted molar refractivity (Wildman–Crippen MR) is 97.4 cm³/mol. The van der Waals surface area contributed by atoms with Crippen molar-refractivity contribution in [1.82, 2.24) is 4.98 Å². The highest BCUT2D eigenvalue weighted by molar-refractivity contribution is 7.15. The normalized spacial score (nSPS) is 10.5. The van der Waals surface area contributed by atoms with Gasteiger partial charge in [0.25, 0.3) is 0 Å². The Morgan fingerprint density at radius 2 is 1.76 bits per heavy atom. The van der Waals surface area contributed by atoms with Crippen LogP contribution >= 0.6 is 11.3 Å². The molecule has 6 heteroatoms. The first-order valence-electron chi connectivity index (χ1n) is 7.61. The van der Waals surface area contributed by atoms with E-state index in [0.29, 0.717) is 22.1 Å². The zero-order chi connectivity index (χ0) is 17.8. The molecule has 3 aromatic rings. The Kier molecular flexibility index (Phi) is 5.00. The third-order valence-corrected chi connectivity index (χ3v) is 4.79. The lowest BCUT2D eigenvalue weighted by Gasteiger charge is -2.09. The molecule has 0 aliphatic heterocycles. The van der Waals surface area contributed by atoms with Crippen molar-refractivity contribution in [1.29, 1.82) is 0 Å². The van der Waals surface area contributed by atoms with E-state index < -0.39 is 5.97 Å². The molecule has 0 saturated heterocycles. The van der Waals surface area contributed by atoms with Crippen LogP contribution in [0.4, 0.5) is 0 Å². The Labute approximate surface area is 149 Å². The maximum Gasteiger partial charge on any atom is 0.308 e. The standard InChI is InChI=1S/C19H17NO4S/c1-23-14-9-8-13(10-15(14)24-2)18-16(11-17(21)22)25-19(20-18)12-6-4-3-5-7-12/h3-10H,11H2,1-2H3,(H,21,22). The van der Waals surface area contributed by atoms with Gasteiger partial charge in [0.05, 0.1) is 26.3 Å². The first kappa shape index (κ1) is 17.0. The van der Waals surface area contributed by atoms with Crippen LogP contribution in [-0.4, -0.2) is 30.3 Å². The second kappa shape index (κ2) is 7.36. The molecular formula is C19H17NO4S. The van der Waals surface area contributed by atoms with Gasteiger partial charge in [0.15, 0.2) is 11.5 Å². The first-order valence-corrected chi connectivity index (χ1v) is 8.43. The second-order valence-corrected chi connectivity index (χ2v) is 6.38. The van der Waals surface area contributed by atoms with E-state index in [1.807, 2.05) is 42.5 Å². The van der Waals surface area contributed by atoms with Gasteiger partial charge in [-0.05, 0) is 18.2 Å². The third kappa shape index (κ3) is 3.64. The van der Waals surface area contributed by atoms with Gasteiger partial charge in [0, 0.05) is 16.0 Å². The number of methoxy groups -OCH3 is 2. The number of carbonyl (C=O) groups is 1. The van der Waals surface area contributed by atoms with E-state index >= 15 is 0 Å². The average Bonchev–Trinajstić information content (AvgIpc) is 3.05. The van der Waals surface area contributed by atoms with Crippen LogP contribution in [-0.2, 0) is 11.2 Å². The number of ether oxygens (including phenoxy) is 2. The van der Waals surface area contributed by atoms with E-state index in [9.17, 15) is 9.90 Å². The predicted octanol–water partition coefficient (Wildman–Crippen LogP) is 4.12. The van der Waals surface area contributed by atoms with E-state index in [-0.39, 0.29) is 6.42 Å². The lowest BCUT2D eigenvalue weighted by atomic mass is 10.1. The molecule has 0 atom stereocenters. The van der Waals surface area contributed by atoms with Crippen molar-refractivity contribution in [2.75, 3.05) is 14.2 Å². The van der Waals surface area contributed by atoms with Crippen LogP contribution in [0, 0.1) is 0 Å². The van der Waals surface area contributed by atoms with Crippen LogP contribution in [0.15, 0.2) is 48.5 Å². The maximum atomic E-state index is 11.3. The number of benzene rings is 2. The Morgan fingerprint density at radius 1 is 1.04 bits per heavy atom. The van der Waals surface area contributed by atoms with Crippen molar-refractivity contribution < 1.29 is 19.4 Å². The molecular weight excluding hydrogens is 338 g/mol. The minimum Gasteiger partial charge on any atom is -0.493 e. The van der Waals surface area contributed by atoms with Gasteiger partial charge in [-0.1, -0.05) is 30.3 Å². The summed E-state index contributed by atoms with van der Waals surface area (Å²) in [5.41, 5.74) is 2.42. The van der Waals surface area contributed by atoms with Crippen LogP contribution in [0.3, 0.4) is 0 Å². The summed E-state index contributed by atoms with van der Waals surface area (Å²) in [4.78, 5) is 16.7. The van der Waals surface area contributed by atoms with Crippen LogP contribution in [0.5, 0.6) is 11.5 Å². The van der Waals surface area contributed by atoms with E-state index in [1.54, 1.807) is 20.3 Å². The molecule has 2 aromatic carbocycles. The van der Waals surface area contributed by atoms with Crippen LogP contribution < -0.4 is 9.47 Å². The van der Waals surface area contributed by atoms with Crippen molar-refractivity contribution in [3.8, 4) is 33.3 Å². The molecule has 0 spiro atoms. The van der Waals surface area contributed by atoms with Gasteiger partial charge in [0.2, 0.25) is 0 Å². The van der Waals surface area contributed by atoms with E-state index in [1.165, 1.54) is 11.3 Å². The van der Waals surface area contributed by atoms with Gasteiger partial charge >= 0.3 is 5.97 Å². The van der Waals surface area contributed by atoms with Crippen molar-refractivity contribution >= 4 is 17.3 Å². The molecule has 0 unspecified atom stereocenters. The topological polar surface area (TPSA) is 68.7 Å². The van der Waals surface area contributed by atoms with Crippen LogP contribution in [0.2, 0.25) is 0 Å². The van der Waals surface area contributed by atoms with E-state index in [0.717, 1.165) is 16.1 Å². The summed E-state index contributed by atoms with van der Waals surface area (Å²) in [6, 6.07) is 15.2. The van der Waals surface area contributed by atoms with Gasteiger partial charge in [-0.15, -0.1) is 11.3 Å². The number of carboxylic acid groups (broad SMARTS) is 1. The zero-order valence-electron chi connectivity index (χ0n) is 13.9. The molecule has 1 heterocycles. The molecule has 128 valence electrons. The van der Waals surface area contributed by atoms with Crippen LogP contribution in [0.25, 0.3) is 21.8 Å². The van der Waals surface area contributed by atoms with Gasteiger partial charge < -0.3 is 14.6 Å². The minimum absolute atomic E-state index is 0.0752. The van der Waals surface area contributed by atoms with Gasteiger partial charge in [-0.25, -0.2) is 4.98 Å². The number of aromatic nitrogens is 1. The summed E-state index contributed by atoms with van der Waals surface area (Å²) in [5.74, 6) is 0.310. The molecule has 0 bridgehead atoms. The highest BCUT2D eigenvalue weighted by atomic mass is 32.1. The average molecular weight is 355 g/mol. The number of rotatable bonds is 6. The fourth-order valence-electron chi connectivity index (χ4n) is 2.52. The Hall–Kier alpha value is -2.86. The summed E-state index contributed by atoms with van der Waals surface area (Å²) in [6.07, 6.45) is -0.0752. The lowest BCUT2D eigenvalue weighted by molar-refractivity contribution is -0.136. The van der Waals surface area contributed by atoms with Crippen LogP contribution in [0.1, 0.15) is 4.88 Å². The largest absolute Gasteiger partial charge is 0.493 e. The van der Waals surface area contributed by atoms with Crippen molar-refractivity contribution in [3.05, 3.63) is 53.4 Å². The Morgan fingerprint density at radius 3 is 2.40 bits per heavy atom. The summed E-state index contributed by atoms with van der Waals surface area (Å²) < 4.78 is 10.6. The number of carboxylic acids is 1. The monoisotopic (exact) mass is 355 g/mol. The summed E-state index contributed by atoms with van der Waals surface area (Å²) >= 11 is 1.40. The molecule has 1 aromatic heterocycles. The molecule has 25 heavy (non-hydrogen) atoms. The van der Waals surface area contributed by atoms with Gasteiger partial charge in [-0.3, -0.25) is 4.79 Å². The smallest absolute Gasteiger partial charge is 0.308 e. The van der Waals surface area contributed by atoms with E-state index in [4.69, 9.17) is 14.5 Å². The number of thiazole rings is 1. The second-order valence-electron chi connectivity index (χ2n) is 5.30. The molecule has 0 radical (unpaired) electrons. The van der Waals surface area contributed by atoms with Crippen molar-refractivity contribution in [3.63, 3.8) is 0 Å². The lowest BCUT2D eigenvalue weighted by Crippen LogP contribution is -1.99. The maximum absolute atomic E-state index is 11.3. The SMILES string of the molecule is COc1ccc(-c2nc(-c3ccccc3)sc2CC(=O)O)cc1OC. The molecule has 0 aliphatic rings. The fourth-order valence-corrected chi connectivity index (χ4v) is 3.60. The number of hydrogen-bond donors (Lipinski definition) is 1. The van der Waals surface area contributed by atoms with Gasteiger partial charge in [0.1, 0.15) is 5.01 Å². The first-order chi connectivity index (χ1) is 12.1. The molecule has 0 aliphatic carbocycles. The fraction of sp³-hybridized carbons (Fsp3) is 0.158. The Bertz CT molecular complexity index is 890. The molecule has 1 N–H and O–H groups in total. The minimum atomic E-state index is -0.884. The number of aliphatic carboxylic acids is 1. The molecule has 0 amide bonds. The highest BCUT2D eigenvalue weighted by Gasteiger charge is 2.18. The number of hydrogen-bond acceptors (Lipinski definition) is 5. The molecule has 0 saturated carbocycles. The zero-order valence-corrected chi connectivity index (χ0v) is 14.7. The van der Waals surface area contributed by atoms with E-state index in [2.05, 4.69) is 0 Å². The van der Waals surface area contributed by atoms with Crippen molar-refractivity contribution in [2.45, 2.75) is 6.42 Å². The molecule has 5 nitrogen and oxygen atoms in total. The Balaban J connectivity index is 2.11. The number of nitrogens with zero attached hydrogens (tertiary/aromatic N) is 1. The summed E-state index contributed by atoms with van der Waals surface area (Å²) in [6.45, 7) is 0. The summed E-state index contributed by atoms with van der Waals surface area (Å²) in [7, 11) is 3.14.